The minimum atomic E-state index is -4.61. The van der Waals surface area contributed by atoms with Crippen molar-refractivity contribution in [2.45, 2.75) is 24.6 Å². The highest BCUT2D eigenvalue weighted by atomic mass is 19.4. The average molecular weight is 441 g/mol. The quantitative estimate of drug-likeness (QED) is 0.610. The zero-order valence-electron chi connectivity index (χ0n) is 17.1. The number of benzene rings is 2. The van der Waals surface area contributed by atoms with Gasteiger partial charge in [0.15, 0.2) is 5.69 Å². The molecule has 0 saturated heterocycles. The molecule has 1 spiro atoms. The summed E-state index contributed by atoms with van der Waals surface area (Å²) in [6.45, 7) is 0.434. The van der Waals surface area contributed by atoms with Crippen molar-refractivity contribution >= 4 is 11.6 Å². The topological polar surface area (TPSA) is 56.6 Å². The molecular weight excluding hydrogens is 423 g/mol. The summed E-state index contributed by atoms with van der Waals surface area (Å²) in [6, 6.07) is 11.0. The summed E-state index contributed by atoms with van der Waals surface area (Å²) in [4.78, 5) is 15.3. The highest BCUT2D eigenvalue weighted by Crippen LogP contribution is 2.54. The van der Waals surface area contributed by atoms with Crippen LogP contribution in [0.1, 0.15) is 27.9 Å². The first kappa shape index (κ1) is 19.2. The molecule has 1 amide bonds. The number of anilines is 1. The molecule has 0 bridgehead atoms. The third kappa shape index (κ3) is 2.47. The van der Waals surface area contributed by atoms with Gasteiger partial charge in [-0.2, -0.15) is 18.3 Å². The Morgan fingerprint density at radius 1 is 1.12 bits per heavy atom. The molecule has 3 aliphatic heterocycles. The standard InChI is InChI=1S/C23H18F3N3O3/c1-28-10-14(20(27-28)23(24,25)26)11-29-17-5-3-2-4-15(17)22(21(29)30)12-32-19-9-18-13(6-7-31-18)8-16(19)22/h2-5,8-10H,6-7,11-12H2,1H3. The minimum Gasteiger partial charge on any atom is -0.493 e. The van der Waals surface area contributed by atoms with Crippen molar-refractivity contribution < 1.29 is 27.4 Å². The number of ether oxygens (including phenoxy) is 2. The number of hydrogen-bond acceptors (Lipinski definition) is 4. The van der Waals surface area contributed by atoms with Crippen LogP contribution >= 0.6 is 0 Å². The Balaban J connectivity index is 1.48. The van der Waals surface area contributed by atoms with Gasteiger partial charge in [0.1, 0.15) is 23.5 Å². The predicted octanol–water partition coefficient (Wildman–Crippen LogP) is 3.60. The second kappa shape index (κ2) is 6.27. The molecule has 1 unspecified atom stereocenters. The number of carbonyl (C=O) groups excluding carboxylic acids is 1. The van der Waals surface area contributed by atoms with E-state index in [0.717, 1.165) is 33.5 Å². The van der Waals surface area contributed by atoms with Gasteiger partial charge in [-0.05, 0) is 23.3 Å². The summed E-state index contributed by atoms with van der Waals surface area (Å²) in [5.74, 6) is 1.03. The smallest absolute Gasteiger partial charge is 0.435 e. The van der Waals surface area contributed by atoms with Crippen LogP contribution in [0.2, 0.25) is 0 Å². The van der Waals surface area contributed by atoms with Crippen LogP contribution in [-0.2, 0) is 36.4 Å². The number of nitrogens with zero attached hydrogens (tertiary/aromatic N) is 3. The molecule has 2 aromatic carbocycles. The molecule has 0 saturated carbocycles. The molecule has 32 heavy (non-hydrogen) atoms. The fraction of sp³-hybridized carbons (Fsp3) is 0.304. The molecule has 1 aromatic heterocycles. The van der Waals surface area contributed by atoms with Crippen molar-refractivity contribution in [1.29, 1.82) is 0 Å². The second-order valence-electron chi connectivity index (χ2n) is 8.33. The second-order valence-corrected chi connectivity index (χ2v) is 8.33. The molecule has 1 atom stereocenters. The zero-order valence-corrected chi connectivity index (χ0v) is 17.1. The van der Waals surface area contributed by atoms with E-state index in [0.29, 0.717) is 18.0 Å². The molecule has 6 rings (SSSR count). The third-order valence-electron chi connectivity index (χ3n) is 6.46. The lowest BCUT2D eigenvalue weighted by Gasteiger charge is -2.23. The van der Waals surface area contributed by atoms with E-state index in [1.54, 1.807) is 12.1 Å². The van der Waals surface area contributed by atoms with Crippen LogP contribution in [0.25, 0.3) is 0 Å². The highest BCUT2D eigenvalue weighted by Gasteiger charge is 2.57. The molecule has 9 heteroatoms. The van der Waals surface area contributed by atoms with E-state index in [9.17, 15) is 18.0 Å². The Bertz CT molecular complexity index is 1280. The van der Waals surface area contributed by atoms with Gasteiger partial charge in [0.2, 0.25) is 5.91 Å². The number of aryl methyl sites for hydroxylation is 1. The highest BCUT2D eigenvalue weighted by molar-refractivity contribution is 6.11. The number of alkyl halides is 3. The lowest BCUT2D eigenvalue weighted by Crippen LogP contribution is -2.42. The maximum Gasteiger partial charge on any atom is 0.435 e. The van der Waals surface area contributed by atoms with Crippen molar-refractivity contribution in [3.63, 3.8) is 0 Å². The van der Waals surface area contributed by atoms with Crippen molar-refractivity contribution in [3.8, 4) is 11.5 Å². The molecule has 0 radical (unpaired) electrons. The summed E-state index contributed by atoms with van der Waals surface area (Å²) in [6.07, 6.45) is -2.56. The van der Waals surface area contributed by atoms with Crippen LogP contribution in [0, 0.1) is 0 Å². The van der Waals surface area contributed by atoms with Crippen LogP contribution in [0.3, 0.4) is 0 Å². The van der Waals surface area contributed by atoms with Gasteiger partial charge in [-0.1, -0.05) is 18.2 Å². The normalized spacial score (nSPS) is 20.9. The van der Waals surface area contributed by atoms with E-state index in [-0.39, 0.29) is 24.6 Å². The third-order valence-corrected chi connectivity index (χ3v) is 6.46. The Morgan fingerprint density at radius 2 is 1.94 bits per heavy atom. The number of fused-ring (bicyclic) bond motifs is 5. The number of para-hydroxylation sites is 1. The molecule has 0 N–H and O–H groups in total. The van der Waals surface area contributed by atoms with Crippen molar-refractivity contribution in [3.05, 3.63) is 70.5 Å². The van der Waals surface area contributed by atoms with Crippen LogP contribution in [0.15, 0.2) is 42.6 Å². The molecule has 0 aliphatic carbocycles. The van der Waals surface area contributed by atoms with Gasteiger partial charge < -0.3 is 14.4 Å². The van der Waals surface area contributed by atoms with Gasteiger partial charge in [-0.15, -0.1) is 0 Å². The molecule has 0 fully saturated rings. The molecule has 3 aliphatic rings. The summed E-state index contributed by atoms with van der Waals surface area (Å²) < 4.78 is 53.3. The van der Waals surface area contributed by atoms with Crippen molar-refractivity contribution in [1.82, 2.24) is 9.78 Å². The molecule has 3 aromatic rings. The first-order chi connectivity index (χ1) is 15.3. The maximum absolute atomic E-state index is 13.9. The molecule has 164 valence electrons. The summed E-state index contributed by atoms with van der Waals surface area (Å²) in [5.41, 5.74) is 0.936. The van der Waals surface area contributed by atoms with E-state index in [2.05, 4.69) is 5.10 Å². The number of hydrogen-bond donors (Lipinski definition) is 0. The average Bonchev–Trinajstić information content (AvgIpc) is 3.49. The first-order valence-corrected chi connectivity index (χ1v) is 10.2. The van der Waals surface area contributed by atoms with Gasteiger partial charge in [0, 0.05) is 42.5 Å². The lowest BCUT2D eigenvalue weighted by atomic mass is 9.76. The van der Waals surface area contributed by atoms with Gasteiger partial charge in [0.05, 0.1) is 13.2 Å². The van der Waals surface area contributed by atoms with Crippen molar-refractivity contribution in [2.24, 2.45) is 7.05 Å². The Hall–Kier alpha value is -3.49. The van der Waals surface area contributed by atoms with Crippen LogP contribution in [-0.4, -0.2) is 28.9 Å². The molecule has 6 nitrogen and oxygen atoms in total. The van der Waals surface area contributed by atoms with Gasteiger partial charge in [-0.25, -0.2) is 0 Å². The number of rotatable bonds is 2. The van der Waals surface area contributed by atoms with Crippen molar-refractivity contribution in [2.75, 3.05) is 18.1 Å². The fourth-order valence-corrected chi connectivity index (χ4v) is 5.07. The van der Waals surface area contributed by atoms with Crippen LogP contribution < -0.4 is 14.4 Å². The Morgan fingerprint density at radius 3 is 2.75 bits per heavy atom. The molecular formula is C23H18F3N3O3. The molecule has 4 heterocycles. The summed E-state index contributed by atoms with van der Waals surface area (Å²) in [7, 11) is 1.43. The summed E-state index contributed by atoms with van der Waals surface area (Å²) >= 11 is 0. The number of amides is 1. The lowest BCUT2D eigenvalue weighted by molar-refractivity contribution is -0.142. The van der Waals surface area contributed by atoms with Crippen LogP contribution in [0.4, 0.5) is 18.9 Å². The van der Waals surface area contributed by atoms with E-state index < -0.39 is 17.3 Å². The largest absolute Gasteiger partial charge is 0.493 e. The first-order valence-electron chi connectivity index (χ1n) is 10.2. The van der Waals surface area contributed by atoms with E-state index in [4.69, 9.17) is 9.47 Å². The summed E-state index contributed by atoms with van der Waals surface area (Å²) in [5, 5.41) is 3.58. The number of carbonyl (C=O) groups is 1. The van der Waals surface area contributed by atoms with Crippen LogP contribution in [0.5, 0.6) is 11.5 Å². The Kier molecular flexibility index (Phi) is 3.77. The Labute approximate surface area is 181 Å². The predicted molar refractivity (Wildman–Crippen MR) is 108 cm³/mol. The SMILES string of the molecule is Cn1cc(CN2C(=O)C3(COc4cc5c(cc43)CCO5)c3ccccc32)c(C(F)(F)F)n1. The van der Waals surface area contributed by atoms with E-state index in [1.165, 1.54) is 18.1 Å². The van der Waals surface area contributed by atoms with Gasteiger partial charge in [0.25, 0.3) is 0 Å². The van der Waals surface area contributed by atoms with Gasteiger partial charge >= 0.3 is 6.18 Å². The monoisotopic (exact) mass is 441 g/mol. The zero-order chi connectivity index (χ0) is 22.3. The number of aromatic nitrogens is 2. The fourth-order valence-electron chi connectivity index (χ4n) is 5.07. The maximum atomic E-state index is 13.9. The minimum absolute atomic E-state index is 0.0540. The van der Waals surface area contributed by atoms with Gasteiger partial charge in [-0.3, -0.25) is 9.48 Å². The number of halogens is 3. The van der Waals surface area contributed by atoms with E-state index in [1.807, 2.05) is 24.3 Å². The van der Waals surface area contributed by atoms with E-state index >= 15 is 0 Å².